The van der Waals surface area contributed by atoms with E-state index in [1.807, 2.05) is 0 Å². The zero-order valence-electron chi connectivity index (χ0n) is 13.4. The van der Waals surface area contributed by atoms with Gasteiger partial charge in [0.25, 0.3) is 5.91 Å². The molecule has 0 saturated carbocycles. The zero-order chi connectivity index (χ0) is 19.1. The Bertz CT molecular complexity index is 1020. The minimum atomic E-state index is -4.58. The molecule has 134 valence electrons. The largest absolute Gasteiger partial charge is 0.477 e. The average Bonchev–Trinajstić information content (AvgIpc) is 2.92. The van der Waals surface area contributed by atoms with E-state index in [2.05, 4.69) is 10.3 Å². The van der Waals surface area contributed by atoms with Crippen LogP contribution in [0.2, 0.25) is 0 Å². The number of amides is 1. The molecule has 1 amide bonds. The van der Waals surface area contributed by atoms with Crippen molar-refractivity contribution in [3.63, 3.8) is 0 Å². The van der Waals surface area contributed by atoms with E-state index >= 15 is 0 Å². The summed E-state index contributed by atoms with van der Waals surface area (Å²) in [5.74, 6) is -2.13. The van der Waals surface area contributed by atoms with Crippen LogP contribution in [0.4, 0.5) is 18.9 Å². The minimum absolute atomic E-state index is 0.0126. The molecule has 0 bridgehead atoms. The number of aromatic nitrogens is 1. The molecule has 0 aliphatic rings. The van der Waals surface area contributed by atoms with Gasteiger partial charge in [0.1, 0.15) is 5.69 Å². The van der Waals surface area contributed by atoms with Crippen molar-refractivity contribution in [2.24, 2.45) is 0 Å². The molecule has 1 aromatic heterocycles. The molecule has 3 N–H and O–H groups in total. The van der Waals surface area contributed by atoms with Crippen LogP contribution in [0.5, 0.6) is 0 Å². The van der Waals surface area contributed by atoms with Gasteiger partial charge >= 0.3 is 12.1 Å². The third-order valence-corrected chi connectivity index (χ3v) is 3.86. The molecule has 0 saturated heterocycles. The number of hydrogen-bond donors (Lipinski definition) is 3. The quantitative estimate of drug-likeness (QED) is 0.644. The number of alkyl halides is 3. The second-order valence-corrected chi connectivity index (χ2v) is 5.76. The van der Waals surface area contributed by atoms with Crippen LogP contribution in [-0.4, -0.2) is 22.0 Å². The first-order chi connectivity index (χ1) is 12.2. The first-order valence-electron chi connectivity index (χ1n) is 7.51. The lowest BCUT2D eigenvalue weighted by molar-refractivity contribution is -0.137. The topological polar surface area (TPSA) is 82.2 Å². The number of aryl methyl sites for hydroxylation is 1. The van der Waals surface area contributed by atoms with Gasteiger partial charge in [0.2, 0.25) is 0 Å². The molecule has 0 aliphatic heterocycles. The van der Waals surface area contributed by atoms with Crippen LogP contribution in [0.3, 0.4) is 0 Å². The van der Waals surface area contributed by atoms with E-state index in [-0.39, 0.29) is 16.9 Å². The van der Waals surface area contributed by atoms with Crippen molar-refractivity contribution < 1.29 is 27.9 Å². The van der Waals surface area contributed by atoms with Crippen molar-refractivity contribution >= 4 is 28.5 Å². The molecule has 5 nitrogen and oxygen atoms in total. The van der Waals surface area contributed by atoms with Crippen LogP contribution < -0.4 is 5.32 Å². The summed E-state index contributed by atoms with van der Waals surface area (Å²) in [6.07, 6.45) is -4.58. The van der Waals surface area contributed by atoms with E-state index in [1.165, 1.54) is 6.07 Å². The molecule has 0 atom stereocenters. The second-order valence-electron chi connectivity index (χ2n) is 5.76. The summed E-state index contributed by atoms with van der Waals surface area (Å²) in [5.41, 5.74) is -0.0866. The number of carbonyl (C=O) groups excluding carboxylic acids is 1. The number of carbonyl (C=O) groups is 2. The van der Waals surface area contributed by atoms with E-state index in [9.17, 15) is 27.9 Å². The Labute approximate surface area is 145 Å². The number of hydrogen-bond acceptors (Lipinski definition) is 2. The van der Waals surface area contributed by atoms with Gasteiger partial charge < -0.3 is 15.4 Å². The van der Waals surface area contributed by atoms with Crippen molar-refractivity contribution in [1.29, 1.82) is 0 Å². The summed E-state index contributed by atoms with van der Waals surface area (Å²) in [4.78, 5) is 26.5. The third kappa shape index (κ3) is 3.26. The Morgan fingerprint density at radius 2 is 1.85 bits per heavy atom. The van der Waals surface area contributed by atoms with Crippen LogP contribution >= 0.6 is 0 Å². The monoisotopic (exact) mass is 362 g/mol. The fourth-order valence-corrected chi connectivity index (χ4v) is 2.62. The fourth-order valence-electron chi connectivity index (χ4n) is 2.62. The molecule has 0 aliphatic carbocycles. The van der Waals surface area contributed by atoms with E-state index in [1.54, 1.807) is 25.1 Å². The second kappa shape index (κ2) is 6.21. The number of aromatic amines is 1. The van der Waals surface area contributed by atoms with E-state index in [0.29, 0.717) is 10.9 Å². The smallest absolute Gasteiger partial charge is 0.416 e. The average molecular weight is 362 g/mol. The molecule has 1 heterocycles. The Balaban J connectivity index is 2.03. The Morgan fingerprint density at radius 3 is 2.50 bits per heavy atom. The van der Waals surface area contributed by atoms with Crippen LogP contribution in [0.25, 0.3) is 10.9 Å². The van der Waals surface area contributed by atoms with Crippen molar-refractivity contribution in [2.75, 3.05) is 5.32 Å². The summed E-state index contributed by atoms with van der Waals surface area (Å²) in [5, 5.41) is 12.2. The van der Waals surface area contributed by atoms with Gasteiger partial charge in [-0.2, -0.15) is 13.2 Å². The van der Waals surface area contributed by atoms with Gasteiger partial charge in [0, 0.05) is 16.5 Å². The van der Waals surface area contributed by atoms with E-state index in [4.69, 9.17) is 0 Å². The predicted molar refractivity (Wildman–Crippen MR) is 89.4 cm³/mol. The van der Waals surface area contributed by atoms with Crippen molar-refractivity contribution in [3.05, 3.63) is 64.8 Å². The number of rotatable bonds is 3. The lowest BCUT2D eigenvalue weighted by Gasteiger charge is -2.09. The maximum Gasteiger partial charge on any atom is 0.416 e. The highest BCUT2D eigenvalue weighted by Gasteiger charge is 2.31. The Morgan fingerprint density at radius 1 is 1.12 bits per heavy atom. The standard InChI is InChI=1S/C18H13F3N2O3/c1-9-5-6-13-12(7-9)14(15(22-13)17(25)26)23-16(24)10-3-2-4-11(8-10)18(19,20)21/h2-8,22H,1H3,(H,23,24)(H,25,26). The van der Waals surface area contributed by atoms with Gasteiger partial charge in [-0.15, -0.1) is 0 Å². The molecule has 2 aromatic carbocycles. The molecule has 8 heteroatoms. The molecule has 0 fully saturated rings. The van der Waals surface area contributed by atoms with Crippen LogP contribution in [0, 0.1) is 6.92 Å². The third-order valence-electron chi connectivity index (χ3n) is 3.86. The van der Waals surface area contributed by atoms with Crippen LogP contribution in [0.15, 0.2) is 42.5 Å². The maximum atomic E-state index is 12.8. The summed E-state index contributed by atoms with van der Waals surface area (Å²) in [6.45, 7) is 1.80. The van der Waals surface area contributed by atoms with Crippen molar-refractivity contribution in [3.8, 4) is 0 Å². The number of carboxylic acid groups (broad SMARTS) is 1. The first kappa shape index (κ1) is 17.5. The van der Waals surface area contributed by atoms with Gasteiger partial charge in [-0.1, -0.05) is 17.7 Å². The maximum absolute atomic E-state index is 12.8. The van der Waals surface area contributed by atoms with Gasteiger partial charge in [-0.05, 0) is 37.3 Å². The summed E-state index contributed by atoms with van der Waals surface area (Å²) >= 11 is 0. The number of aromatic carboxylic acids is 1. The minimum Gasteiger partial charge on any atom is -0.477 e. The molecular weight excluding hydrogens is 349 g/mol. The normalized spacial score (nSPS) is 11.5. The number of carboxylic acids is 1. The molecule has 0 radical (unpaired) electrons. The molecular formula is C18H13F3N2O3. The Hall–Kier alpha value is -3.29. The predicted octanol–water partition coefficient (Wildman–Crippen LogP) is 4.45. The first-order valence-corrected chi connectivity index (χ1v) is 7.51. The van der Waals surface area contributed by atoms with Crippen molar-refractivity contribution in [2.45, 2.75) is 13.1 Å². The molecule has 26 heavy (non-hydrogen) atoms. The van der Waals surface area contributed by atoms with Gasteiger partial charge in [0.05, 0.1) is 11.3 Å². The molecule has 0 unspecified atom stereocenters. The van der Waals surface area contributed by atoms with Crippen LogP contribution in [0.1, 0.15) is 32.0 Å². The molecule has 0 spiro atoms. The number of halogens is 3. The van der Waals surface area contributed by atoms with Crippen molar-refractivity contribution in [1.82, 2.24) is 4.98 Å². The summed E-state index contributed by atoms with van der Waals surface area (Å²) < 4.78 is 38.5. The highest BCUT2D eigenvalue weighted by molar-refractivity contribution is 6.14. The number of H-pyrrole nitrogens is 1. The van der Waals surface area contributed by atoms with E-state index in [0.717, 1.165) is 23.8 Å². The molecule has 3 rings (SSSR count). The van der Waals surface area contributed by atoms with Crippen LogP contribution in [-0.2, 0) is 6.18 Å². The van der Waals surface area contributed by atoms with Gasteiger partial charge in [-0.25, -0.2) is 4.79 Å². The highest BCUT2D eigenvalue weighted by atomic mass is 19.4. The van der Waals surface area contributed by atoms with E-state index < -0.39 is 23.6 Å². The van der Waals surface area contributed by atoms with Gasteiger partial charge in [0.15, 0.2) is 0 Å². The highest BCUT2D eigenvalue weighted by Crippen LogP contribution is 2.31. The molecule has 3 aromatic rings. The number of anilines is 1. The van der Waals surface area contributed by atoms with Gasteiger partial charge in [-0.3, -0.25) is 4.79 Å². The number of fused-ring (bicyclic) bond motifs is 1. The zero-order valence-corrected chi connectivity index (χ0v) is 13.4. The number of nitrogens with one attached hydrogen (secondary N) is 2. The lowest BCUT2D eigenvalue weighted by atomic mass is 10.1. The fraction of sp³-hybridized carbons (Fsp3) is 0.111. The lowest BCUT2D eigenvalue weighted by Crippen LogP contribution is -2.15. The Kier molecular flexibility index (Phi) is 4.19. The summed E-state index contributed by atoms with van der Waals surface area (Å²) in [6, 6.07) is 9.03. The number of benzene rings is 2. The summed E-state index contributed by atoms with van der Waals surface area (Å²) in [7, 11) is 0. The SMILES string of the molecule is Cc1ccc2[nH]c(C(=O)O)c(NC(=O)c3cccc(C(F)(F)F)c3)c2c1.